The van der Waals surface area contributed by atoms with Gasteiger partial charge in [-0.2, -0.15) is 0 Å². The van der Waals surface area contributed by atoms with Crippen LogP contribution in [0.2, 0.25) is 0 Å². The lowest BCUT2D eigenvalue weighted by molar-refractivity contribution is -0.415. The molecule has 1 aromatic carbocycles. The Balaban J connectivity index is 0.00000289. The number of methoxy groups -OCH3 is 3. The summed E-state index contributed by atoms with van der Waals surface area (Å²) in [6.45, 7) is 2.10. The standard InChI is InChI=1S/C13H21NO3.ClH/c1-9(14)5-6-10-7-12(16-3)13(17-4)8-11(10)15-2;/h7-9H,5-6,14H2,1-4H3;1H. The van der Waals surface area contributed by atoms with Gasteiger partial charge < -0.3 is 32.4 Å². The molecule has 0 aliphatic heterocycles. The second-order valence-corrected chi connectivity index (χ2v) is 4.16. The van der Waals surface area contributed by atoms with Crippen molar-refractivity contribution < 1.29 is 32.4 Å². The molecule has 0 heterocycles. The van der Waals surface area contributed by atoms with Gasteiger partial charge in [0.1, 0.15) is 5.75 Å². The van der Waals surface area contributed by atoms with Crippen molar-refractivity contribution in [1.82, 2.24) is 0 Å². The summed E-state index contributed by atoms with van der Waals surface area (Å²) in [5.74, 6) is 2.26. The molecule has 1 rings (SSSR count). The van der Waals surface area contributed by atoms with Gasteiger partial charge in [-0.1, -0.05) is 0 Å². The molecular formula is C13H22ClNO3. The lowest BCUT2D eigenvalue weighted by Gasteiger charge is -2.14. The quantitative estimate of drug-likeness (QED) is 0.672. The van der Waals surface area contributed by atoms with E-state index in [0.717, 1.165) is 29.9 Å². The smallest absolute Gasteiger partial charge is 0.164 e. The third-order valence-corrected chi connectivity index (χ3v) is 2.69. The van der Waals surface area contributed by atoms with Crippen LogP contribution in [0.4, 0.5) is 0 Å². The van der Waals surface area contributed by atoms with Crippen LogP contribution in [0.25, 0.3) is 0 Å². The van der Waals surface area contributed by atoms with Crippen LogP contribution in [0.3, 0.4) is 0 Å². The SMILES string of the molecule is COc1cc(OC)c(OC)cc1CCC(C)[NH3+].[Cl-]. The zero-order valence-electron chi connectivity index (χ0n) is 11.5. The third kappa shape index (κ3) is 4.27. The van der Waals surface area contributed by atoms with Crippen LogP contribution in [0.1, 0.15) is 18.9 Å². The Labute approximate surface area is 115 Å². The Kier molecular flexibility index (Phi) is 7.55. The maximum Gasteiger partial charge on any atom is 0.164 e. The summed E-state index contributed by atoms with van der Waals surface area (Å²) < 4.78 is 15.9. The number of hydrogen-bond donors (Lipinski definition) is 1. The van der Waals surface area contributed by atoms with Gasteiger partial charge in [0.05, 0.1) is 27.4 Å². The molecule has 0 aromatic heterocycles. The number of halogens is 1. The zero-order chi connectivity index (χ0) is 12.8. The molecule has 0 fully saturated rings. The normalized spacial score (nSPS) is 11.4. The maximum absolute atomic E-state index is 5.36. The molecule has 4 nitrogen and oxygen atoms in total. The van der Waals surface area contributed by atoms with Gasteiger partial charge in [-0.3, -0.25) is 0 Å². The van der Waals surface area contributed by atoms with Crippen molar-refractivity contribution in [3.05, 3.63) is 17.7 Å². The first-order chi connectivity index (χ1) is 8.12. The second kappa shape index (κ2) is 8.06. The topological polar surface area (TPSA) is 55.3 Å². The first-order valence-corrected chi connectivity index (χ1v) is 5.74. The van der Waals surface area contributed by atoms with Gasteiger partial charge in [-0.25, -0.2) is 0 Å². The van der Waals surface area contributed by atoms with E-state index in [1.54, 1.807) is 21.3 Å². The first-order valence-electron chi connectivity index (χ1n) is 5.74. The van der Waals surface area contributed by atoms with Crippen LogP contribution in [0.5, 0.6) is 17.2 Å². The molecule has 0 saturated carbocycles. The van der Waals surface area contributed by atoms with Crippen LogP contribution >= 0.6 is 0 Å². The van der Waals surface area contributed by atoms with E-state index in [1.165, 1.54) is 0 Å². The van der Waals surface area contributed by atoms with Gasteiger partial charge in [0.25, 0.3) is 0 Å². The van der Waals surface area contributed by atoms with Gasteiger partial charge in [-0.05, 0) is 25.0 Å². The predicted octanol–water partition coefficient (Wildman–Crippen LogP) is -1.72. The number of ether oxygens (including phenoxy) is 3. The van der Waals surface area contributed by atoms with Crippen LogP contribution in [0, 0.1) is 0 Å². The Bertz CT molecular complexity index is 369. The summed E-state index contributed by atoms with van der Waals surface area (Å²) >= 11 is 0. The summed E-state index contributed by atoms with van der Waals surface area (Å²) in [6.07, 6.45) is 1.94. The van der Waals surface area contributed by atoms with Gasteiger partial charge in [0, 0.05) is 12.5 Å². The first kappa shape index (κ1) is 16.9. The van der Waals surface area contributed by atoms with Crippen molar-refractivity contribution in [3.63, 3.8) is 0 Å². The highest BCUT2D eigenvalue weighted by Gasteiger charge is 2.12. The second-order valence-electron chi connectivity index (χ2n) is 4.16. The molecule has 3 N–H and O–H groups in total. The minimum Gasteiger partial charge on any atom is -1.00 e. The van der Waals surface area contributed by atoms with E-state index in [1.807, 2.05) is 12.1 Å². The molecule has 0 spiro atoms. The number of benzene rings is 1. The fourth-order valence-corrected chi connectivity index (χ4v) is 1.69. The molecule has 0 amide bonds. The summed E-state index contributed by atoms with van der Waals surface area (Å²) in [5, 5.41) is 0. The molecule has 0 aliphatic rings. The average molecular weight is 276 g/mol. The van der Waals surface area contributed by atoms with E-state index < -0.39 is 0 Å². The van der Waals surface area contributed by atoms with Crippen molar-refractivity contribution in [2.75, 3.05) is 21.3 Å². The highest BCUT2D eigenvalue weighted by atomic mass is 35.5. The van der Waals surface area contributed by atoms with Crippen molar-refractivity contribution >= 4 is 0 Å². The van der Waals surface area contributed by atoms with Gasteiger partial charge in [0.2, 0.25) is 0 Å². The molecule has 0 bridgehead atoms. The van der Waals surface area contributed by atoms with Gasteiger partial charge in [0.15, 0.2) is 11.5 Å². The highest BCUT2D eigenvalue weighted by Crippen LogP contribution is 2.35. The highest BCUT2D eigenvalue weighted by molar-refractivity contribution is 5.50. The lowest BCUT2D eigenvalue weighted by Crippen LogP contribution is -3.00. The summed E-state index contributed by atoms with van der Waals surface area (Å²) in [7, 11) is 4.92. The number of aryl methyl sites for hydroxylation is 1. The third-order valence-electron chi connectivity index (χ3n) is 2.69. The fraction of sp³-hybridized carbons (Fsp3) is 0.538. The van der Waals surface area contributed by atoms with E-state index in [-0.39, 0.29) is 12.4 Å². The van der Waals surface area contributed by atoms with Gasteiger partial charge in [-0.15, -0.1) is 0 Å². The number of rotatable bonds is 6. The Morgan fingerprint density at radius 1 is 1.00 bits per heavy atom. The summed E-state index contributed by atoms with van der Waals surface area (Å²) in [6, 6.07) is 4.26. The zero-order valence-corrected chi connectivity index (χ0v) is 12.2. The van der Waals surface area contributed by atoms with E-state index in [4.69, 9.17) is 14.2 Å². The average Bonchev–Trinajstić information content (AvgIpc) is 2.34. The summed E-state index contributed by atoms with van der Waals surface area (Å²) in [5.41, 5.74) is 5.11. The monoisotopic (exact) mass is 275 g/mol. The molecule has 18 heavy (non-hydrogen) atoms. The van der Waals surface area contributed by atoms with Crippen LogP contribution in [-0.4, -0.2) is 27.4 Å². The van der Waals surface area contributed by atoms with E-state index in [0.29, 0.717) is 11.8 Å². The van der Waals surface area contributed by atoms with Crippen molar-refractivity contribution in [2.24, 2.45) is 0 Å². The largest absolute Gasteiger partial charge is 1.00 e. The van der Waals surface area contributed by atoms with Crippen molar-refractivity contribution in [2.45, 2.75) is 25.8 Å². The minimum absolute atomic E-state index is 0. The Morgan fingerprint density at radius 3 is 1.94 bits per heavy atom. The van der Waals surface area contributed by atoms with Gasteiger partial charge >= 0.3 is 0 Å². The number of hydrogen-bond acceptors (Lipinski definition) is 3. The minimum atomic E-state index is 0. The predicted molar refractivity (Wildman–Crippen MR) is 66.8 cm³/mol. The molecule has 104 valence electrons. The van der Waals surface area contributed by atoms with Crippen LogP contribution < -0.4 is 32.4 Å². The van der Waals surface area contributed by atoms with E-state index >= 15 is 0 Å². The lowest BCUT2D eigenvalue weighted by atomic mass is 10.0. The van der Waals surface area contributed by atoms with Crippen LogP contribution in [0.15, 0.2) is 12.1 Å². The summed E-state index contributed by atoms with van der Waals surface area (Å²) in [4.78, 5) is 0. The Hall–Kier alpha value is -1.13. The van der Waals surface area contributed by atoms with E-state index in [9.17, 15) is 0 Å². The van der Waals surface area contributed by atoms with Crippen LogP contribution in [-0.2, 0) is 6.42 Å². The van der Waals surface area contributed by atoms with E-state index in [2.05, 4.69) is 12.7 Å². The fourth-order valence-electron chi connectivity index (χ4n) is 1.69. The maximum atomic E-state index is 5.36. The molecule has 0 aliphatic carbocycles. The molecule has 0 saturated heterocycles. The molecule has 1 atom stereocenters. The molecular weight excluding hydrogens is 254 g/mol. The van der Waals surface area contributed by atoms with Crippen molar-refractivity contribution in [3.8, 4) is 17.2 Å². The molecule has 1 unspecified atom stereocenters. The molecule has 5 heteroatoms. The van der Waals surface area contributed by atoms with Crippen molar-refractivity contribution in [1.29, 1.82) is 0 Å². The Morgan fingerprint density at radius 2 is 1.50 bits per heavy atom. The number of quaternary nitrogens is 1. The molecule has 1 aromatic rings. The molecule has 0 radical (unpaired) electrons.